The molecule has 0 radical (unpaired) electrons. The molecule has 0 aliphatic heterocycles. The Kier molecular flexibility index (Phi) is 6.98. The number of nitriles is 1. The van der Waals surface area contributed by atoms with Crippen LogP contribution in [0.5, 0.6) is 0 Å². The third-order valence-electron chi connectivity index (χ3n) is 2.94. The Hall–Kier alpha value is -2.37. The first-order valence-corrected chi connectivity index (χ1v) is 8.80. The zero-order chi connectivity index (χ0) is 18.2. The lowest BCUT2D eigenvalue weighted by Crippen LogP contribution is -2.21. The van der Waals surface area contributed by atoms with Gasteiger partial charge >= 0.3 is 5.97 Å². The van der Waals surface area contributed by atoms with Crippen molar-refractivity contribution in [2.45, 2.75) is 4.90 Å². The Morgan fingerprint density at radius 3 is 2.80 bits per heavy atom. The van der Waals surface area contributed by atoms with Gasteiger partial charge in [-0.1, -0.05) is 12.1 Å². The van der Waals surface area contributed by atoms with E-state index < -0.39 is 24.3 Å². The number of thioether (sulfide) groups is 1. The molecule has 0 unspecified atom stereocenters. The predicted molar refractivity (Wildman–Crippen MR) is 95.8 cm³/mol. The van der Waals surface area contributed by atoms with Gasteiger partial charge in [-0.25, -0.2) is 9.18 Å². The predicted octanol–water partition coefficient (Wildman–Crippen LogP) is 4.00. The quantitative estimate of drug-likeness (QED) is 0.561. The highest BCUT2D eigenvalue weighted by Crippen LogP contribution is 2.26. The number of carbonyl (C=O) groups is 2. The first-order valence-electron chi connectivity index (χ1n) is 7.02. The van der Waals surface area contributed by atoms with Gasteiger partial charge in [-0.3, -0.25) is 4.79 Å². The van der Waals surface area contributed by atoms with E-state index in [9.17, 15) is 14.0 Å². The maximum Gasteiger partial charge on any atom is 0.339 e. The van der Waals surface area contributed by atoms with E-state index in [1.165, 1.54) is 23.9 Å². The summed E-state index contributed by atoms with van der Waals surface area (Å²) in [7, 11) is 0. The monoisotopic (exact) mass is 422 g/mol. The van der Waals surface area contributed by atoms with Gasteiger partial charge in [0.05, 0.1) is 23.1 Å². The van der Waals surface area contributed by atoms with Crippen molar-refractivity contribution in [3.05, 3.63) is 58.3 Å². The Morgan fingerprint density at radius 2 is 2.04 bits per heavy atom. The van der Waals surface area contributed by atoms with E-state index in [1.54, 1.807) is 24.3 Å². The number of benzene rings is 2. The first kappa shape index (κ1) is 19.0. The van der Waals surface area contributed by atoms with Gasteiger partial charge in [-0.05, 0) is 46.3 Å². The van der Waals surface area contributed by atoms with Crippen molar-refractivity contribution in [1.82, 2.24) is 0 Å². The van der Waals surface area contributed by atoms with E-state index >= 15 is 0 Å². The van der Waals surface area contributed by atoms with Crippen LogP contribution in [0.25, 0.3) is 0 Å². The molecule has 2 aromatic carbocycles. The lowest BCUT2D eigenvalue weighted by atomic mass is 10.2. The summed E-state index contributed by atoms with van der Waals surface area (Å²) in [5.41, 5.74) is 0.522. The summed E-state index contributed by atoms with van der Waals surface area (Å²) in [5, 5.41) is 11.3. The van der Waals surface area contributed by atoms with E-state index in [2.05, 4.69) is 21.2 Å². The molecule has 0 aliphatic rings. The van der Waals surface area contributed by atoms with E-state index in [1.807, 2.05) is 6.07 Å². The third kappa shape index (κ3) is 5.59. The van der Waals surface area contributed by atoms with E-state index in [0.717, 1.165) is 11.0 Å². The van der Waals surface area contributed by atoms with Crippen LogP contribution in [0, 0.1) is 17.1 Å². The molecule has 8 heteroatoms. The van der Waals surface area contributed by atoms with Crippen LogP contribution in [0.2, 0.25) is 0 Å². The summed E-state index contributed by atoms with van der Waals surface area (Å²) in [6.07, 6.45) is 0. The number of ether oxygens (including phenoxy) is 1. The van der Waals surface area contributed by atoms with Gasteiger partial charge < -0.3 is 10.1 Å². The van der Waals surface area contributed by atoms with Crippen LogP contribution in [-0.4, -0.2) is 24.2 Å². The molecule has 0 fully saturated rings. The van der Waals surface area contributed by atoms with Crippen molar-refractivity contribution in [2.75, 3.05) is 17.7 Å². The van der Waals surface area contributed by atoms with Crippen molar-refractivity contribution in [2.24, 2.45) is 0 Å². The van der Waals surface area contributed by atoms with Gasteiger partial charge in [0.15, 0.2) is 6.61 Å². The van der Waals surface area contributed by atoms with Crippen LogP contribution in [0.15, 0.2) is 51.8 Å². The normalized spacial score (nSPS) is 9.96. The number of halogens is 2. The highest BCUT2D eigenvalue weighted by molar-refractivity contribution is 9.10. The van der Waals surface area contributed by atoms with Crippen LogP contribution in [0.4, 0.5) is 10.1 Å². The molecule has 0 aromatic heterocycles. The zero-order valence-corrected chi connectivity index (χ0v) is 15.2. The van der Waals surface area contributed by atoms with Gasteiger partial charge in [-0.15, -0.1) is 11.8 Å². The van der Waals surface area contributed by atoms with Crippen molar-refractivity contribution in [3.8, 4) is 6.07 Å². The number of hydrogen-bond donors (Lipinski definition) is 1. The van der Waals surface area contributed by atoms with Crippen molar-refractivity contribution in [1.29, 1.82) is 5.26 Å². The molecule has 25 heavy (non-hydrogen) atoms. The van der Waals surface area contributed by atoms with Crippen LogP contribution < -0.4 is 5.32 Å². The zero-order valence-electron chi connectivity index (χ0n) is 12.8. The minimum atomic E-state index is -0.811. The lowest BCUT2D eigenvalue weighted by molar-refractivity contribution is -0.119. The molecule has 0 saturated carbocycles. The number of nitrogens with zero attached hydrogens (tertiary/aromatic N) is 1. The van der Waals surface area contributed by atoms with Crippen molar-refractivity contribution >= 4 is 45.3 Å². The van der Waals surface area contributed by atoms with Crippen molar-refractivity contribution < 1.29 is 18.7 Å². The Balaban J connectivity index is 1.96. The standard InChI is InChI=1S/C17H12BrFN2O3S/c18-13-6-5-11(19)9-12(13)17(23)24-10-16(22)21-14-3-1-2-4-15(14)25-8-7-20/h1-6,9H,8,10H2,(H,21,22). The van der Waals surface area contributed by atoms with Crippen LogP contribution >= 0.6 is 27.7 Å². The second-order valence-electron chi connectivity index (χ2n) is 4.69. The Labute approximate surface area is 156 Å². The molecule has 2 aromatic rings. The summed E-state index contributed by atoms with van der Waals surface area (Å²) in [6.45, 7) is -0.515. The van der Waals surface area contributed by atoms with Gasteiger partial charge in [0.2, 0.25) is 0 Å². The summed E-state index contributed by atoms with van der Waals surface area (Å²) in [4.78, 5) is 24.7. The first-order chi connectivity index (χ1) is 12.0. The molecular weight excluding hydrogens is 411 g/mol. The van der Waals surface area contributed by atoms with Crippen molar-refractivity contribution in [3.63, 3.8) is 0 Å². The lowest BCUT2D eigenvalue weighted by Gasteiger charge is -2.10. The number of anilines is 1. The summed E-state index contributed by atoms with van der Waals surface area (Å²) >= 11 is 4.41. The highest BCUT2D eigenvalue weighted by atomic mass is 79.9. The van der Waals surface area contributed by atoms with Gasteiger partial charge in [0.25, 0.3) is 5.91 Å². The molecule has 0 aliphatic carbocycles. The fraction of sp³-hybridized carbons (Fsp3) is 0.118. The molecule has 0 heterocycles. The third-order valence-corrected chi connectivity index (χ3v) is 4.57. The molecule has 5 nitrogen and oxygen atoms in total. The summed E-state index contributed by atoms with van der Waals surface area (Å²) in [6, 6.07) is 12.6. The molecule has 1 amide bonds. The van der Waals surface area contributed by atoms with Crippen LogP contribution in [-0.2, 0) is 9.53 Å². The average molecular weight is 423 g/mol. The average Bonchev–Trinajstić information content (AvgIpc) is 2.61. The topological polar surface area (TPSA) is 79.2 Å². The number of hydrogen-bond acceptors (Lipinski definition) is 5. The fourth-order valence-electron chi connectivity index (χ4n) is 1.85. The summed E-state index contributed by atoms with van der Waals surface area (Å²) < 4.78 is 18.5. The number of amides is 1. The smallest absolute Gasteiger partial charge is 0.339 e. The molecule has 2 rings (SSSR count). The highest BCUT2D eigenvalue weighted by Gasteiger charge is 2.15. The molecule has 0 saturated heterocycles. The Bertz CT molecular complexity index is 839. The maximum atomic E-state index is 13.2. The SMILES string of the molecule is N#CCSc1ccccc1NC(=O)COC(=O)c1cc(F)ccc1Br. The number of nitrogens with one attached hydrogen (secondary N) is 1. The minimum Gasteiger partial charge on any atom is -0.452 e. The number of rotatable bonds is 6. The second kappa shape index (κ2) is 9.20. The van der Waals surface area contributed by atoms with E-state index in [0.29, 0.717) is 10.2 Å². The molecular formula is C17H12BrFN2O3S. The molecule has 128 valence electrons. The fourth-order valence-corrected chi connectivity index (χ4v) is 2.93. The number of esters is 1. The van der Waals surface area contributed by atoms with Crippen LogP contribution in [0.1, 0.15) is 10.4 Å². The molecule has 1 N–H and O–H groups in total. The Morgan fingerprint density at radius 1 is 1.28 bits per heavy atom. The molecule has 0 atom stereocenters. The van der Waals surface area contributed by atoms with E-state index in [4.69, 9.17) is 10.00 Å². The van der Waals surface area contributed by atoms with Gasteiger partial charge in [-0.2, -0.15) is 5.26 Å². The number of carbonyl (C=O) groups excluding carboxylic acids is 2. The molecule has 0 bridgehead atoms. The van der Waals surface area contributed by atoms with Gasteiger partial charge in [0.1, 0.15) is 5.82 Å². The van der Waals surface area contributed by atoms with E-state index in [-0.39, 0.29) is 11.3 Å². The van der Waals surface area contributed by atoms with Crippen LogP contribution in [0.3, 0.4) is 0 Å². The maximum absolute atomic E-state index is 13.2. The second-order valence-corrected chi connectivity index (χ2v) is 6.56. The largest absolute Gasteiger partial charge is 0.452 e. The number of para-hydroxylation sites is 1. The summed E-state index contributed by atoms with van der Waals surface area (Å²) in [5.74, 6) is -1.68. The van der Waals surface area contributed by atoms with Gasteiger partial charge in [0, 0.05) is 9.37 Å². The minimum absolute atomic E-state index is 0.00206. The molecule has 0 spiro atoms.